The summed E-state index contributed by atoms with van der Waals surface area (Å²) in [4.78, 5) is 2.05. The number of rotatable bonds is 4. The maximum absolute atomic E-state index is 11.4. The molecule has 1 aliphatic heterocycles. The van der Waals surface area contributed by atoms with Gasteiger partial charge in [-0.3, -0.25) is 4.90 Å². The molecule has 1 saturated heterocycles. The number of hydrogen-bond acceptors (Lipinski definition) is 7. The molecule has 0 amide bonds. The minimum absolute atomic E-state index is 0.113. The van der Waals surface area contributed by atoms with Gasteiger partial charge in [0.1, 0.15) is 5.01 Å². The van der Waals surface area contributed by atoms with Crippen molar-refractivity contribution in [3.8, 4) is 0 Å². The highest BCUT2D eigenvalue weighted by Gasteiger charge is 2.30. The Morgan fingerprint density at radius 3 is 2.82 bits per heavy atom. The fraction of sp³-hybridized carbons (Fsp3) is 0.778. The summed E-state index contributed by atoms with van der Waals surface area (Å²) in [6.45, 7) is 0.652. The normalized spacial score (nSPS) is 23.1. The van der Waals surface area contributed by atoms with Gasteiger partial charge in [-0.25, -0.2) is 8.42 Å². The van der Waals surface area contributed by atoms with Crippen molar-refractivity contribution in [2.75, 3.05) is 30.9 Å². The van der Waals surface area contributed by atoms with Gasteiger partial charge in [0.15, 0.2) is 9.84 Å². The van der Waals surface area contributed by atoms with Gasteiger partial charge in [0.2, 0.25) is 5.13 Å². The summed E-state index contributed by atoms with van der Waals surface area (Å²) in [5, 5.41) is 12.6. The molecule has 96 valence electrons. The molecule has 0 radical (unpaired) electrons. The number of sulfone groups is 1. The number of anilines is 1. The van der Waals surface area contributed by atoms with Crippen LogP contribution in [0.25, 0.3) is 0 Å². The molecule has 1 aromatic heterocycles. The fourth-order valence-corrected chi connectivity index (χ4v) is 4.45. The van der Waals surface area contributed by atoms with Gasteiger partial charge in [0.25, 0.3) is 0 Å². The zero-order valence-electron chi connectivity index (χ0n) is 9.88. The first-order valence-electron chi connectivity index (χ1n) is 5.41. The Kier molecular flexibility index (Phi) is 3.64. The maximum Gasteiger partial charge on any atom is 0.205 e. The standard InChI is InChI=1S/C9H16N4O2S2/c1-10-9-12-11-8(16-9)5-13(2)7-3-4-17(14,15)6-7/h7H,3-6H2,1-2H3,(H,10,12). The molecule has 1 aliphatic rings. The Balaban J connectivity index is 1.95. The van der Waals surface area contributed by atoms with Crippen LogP contribution in [-0.2, 0) is 16.4 Å². The van der Waals surface area contributed by atoms with E-state index >= 15 is 0 Å². The average Bonchev–Trinajstić information content (AvgIpc) is 2.84. The molecule has 1 unspecified atom stereocenters. The summed E-state index contributed by atoms with van der Waals surface area (Å²) >= 11 is 1.50. The van der Waals surface area contributed by atoms with Gasteiger partial charge >= 0.3 is 0 Å². The van der Waals surface area contributed by atoms with Crippen molar-refractivity contribution < 1.29 is 8.42 Å². The number of aromatic nitrogens is 2. The predicted octanol–water partition coefficient (Wildman–Crippen LogP) is 0.199. The maximum atomic E-state index is 11.4. The SMILES string of the molecule is CNc1nnc(CN(C)C2CCS(=O)(=O)C2)s1. The van der Waals surface area contributed by atoms with Crippen LogP contribution in [0.4, 0.5) is 5.13 Å². The fourth-order valence-electron chi connectivity index (χ4n) is 1.88. The summed E-state index contributed by atoms with van der Waals surface area (Å²) < 4.78 is 22.8. The van der Waals surface area contributed by atoms with E-state index in [-0.39, 0.29) is 11.8 Å². The Morgan fingerprint density at radius 1 is 1.53 bits per heavy atom. The van der Waals surface area contributed by atoms with Crippen molar-refractivity contribution in [3.63, 3.8) is 0 Å². The lowest BCUT2D eigenvalue weighted by Crippen LogP contribution is -2.32. The van der Waals surface area contributed by atoms with Crippen molar-refractivity contribution in [2.45, 2.75) is 19.0 Å². The monoisotopic (exact) mass is 276 g/mol. The summed E-state index contributed by atoms with van der Waals surface area (Å²) in [6.07, 6.45) is 0.719. The third-order valence-corrected chi connectivity index (χ3v) is 5.57. The molecule has 6 nitrogen and oxygen atoms in total. The number of nitrogens with zero attached hydrogens (tertiary/aromatic N) is 3. The van der Waals surface area contributed by atoms with Crippen molar-refractivity contribution in [1.82, 2.24) is 15.1 Å². The highest BCUT2D eigenvalue weighted by Crippen LogP contribution is 2.21. The van der Waals surface area contributed by atoms with Crippen LogP contribution in [0.1, 0.15) is 11.4 Å². The third-order valence-electron chi connectivity index (χ3n) is 2.90. The average molecular weight is 276 g/mol. The molecule has 2 heterocycles. The molecular formula is C9H16N4O2S2. The molecule has 2 rings (SSSR count). The van der Waals surface area contributed by atoms with Gasteiger partial charge in [-0.05, 0) is 13.5 Å². The van der Waals surface area contributed by atoms with Gasteiger partial charge in [-0.2, -0.15) is 0 Å². The van der Waals surface area contributed by atoms with E-state index < -0.39 is 9.84 Å². The van der Waals surface area contributed by atoms with Crippen LogP contribution >= 0.6 is 11.3 Å². The zero-order chi connectivity index (χ0) is 12.5. The first-order chi connectivity index (χ1) is 8.00. The van der Waals surface area contributed by atoms with Gasteiger partial charge in [0, 0.05) is 13.1 Å². The topological polar surface area (TPSA) is 75.2 Å². The van der Waals surface area contributed by atoms with Crippen molar-refractivity contribution in [1.29, 1.82) is 0 Å². The number of hydrogen-bond donors (Lipinski definition) is 1. The molecule has 0 spiro atoms. The quantitative estimate of drug-likeness (QED) is 0.846. The van der Waals surface area contributed by atoms with E-state index in [0.29, 0.717) is 12.3 Å². The molecule has 17 heavy (non-hydrogen) atoms. The van der Waals surface area contributed by atoms with Crippen LogP contribution in [0, 0.1) is 0 Å². The highest BCUT2D eigenvalue weighted by molar-refractivity contribution is 7.91. The van der Waals surface area contributed by atoms with E-state index in [0.717, 1.165) is 16.6 Å². The van der Waals surface area contributed by atoms with E-state index in [9.17, 15) is 8.42 Å². The molecule has 0 aromatic carbocycles. The Morgan fingerprint density at radius 2 is 2.29 bits per heavy atom. The van der Waals surface area contributed by atoms with Gasteiger partial charge in [-0.1, -0.05) is 11.3 Å². The molecule has 8 heteroatoms. The summed E-state index contributed by atoms with van der Waals surface area (Å²) in [5.41, 5.74) is 0. The Labute approximate surface area is 105 Å². The van der Waals surface area contributed by atoms with Crippen LogP contribution in [0.3, 0.4) is 0 Å². The second kappa shape index (κ2) is 4.87. The van der Waals surface area contributed by atoms with Gasteiger partial charge < -0.3 is 5.32 Å². The molecule has 0 aliphatic carbocycles. The van der Waals surface area contributed by atoms with Crippen LogP contribution < -0.4 is 5.32 Å². The summed E-state index contributed by atoms with van der Waals surface area (Å²) in [6, 6.07) is 0.113. The summed E-state index contributed by atoms with van der Waals surface area (Å²) in [5.74, 6) is 0.571. The largest absolute Gasteiger partial charge is 0.363 e. The van der Waals surface area contributed by atoms with Crippen molar-refractivity contribution in [2.24, 2.45) is 0 Å². The highest BCUT2D eigenvalue weighted by atomic mass is 32.2. The molecule has 1 N–H and O–H groups in total. The Hall–Kier alpha value is -0.730. The second-order valence-electron chi connectivity index (χ2n) is 4.22. The van der Waals surface area contributed by atoms with E-state index in [1.807, 2.05) is 11.9 Å². The summed E-state index contributed by atoms with van der Waals surface area (Å²) in [7, 11) is 0.921. The lowest BCUT2D eigenvalue weighted by atomic mass is 10.2. The van der Waals surface area contributed by atoms with Crippen molar-refractivity contribution >= 4 is 26.3 Å². The lowest BCUT2D eigenvalue weighted by Gasteiger charge is -2.21. The van der Waals surface area contributed by atoms with Crippen LogP contribution in [0.15, 0.2) is 0 Å². The minimum atomic E-state index is -2.82. The molecule has 0 bridgehead atoms. The van der Waals surface area contributed by atoms with Crippen LogP contribution in [-0.4, -0.2) is 55.2 Å². The van der Waals surface area contributed by atoms with E-state index in [4.69, 9.17) is 0 Å². The minimum Gasteiger partial charge on any atom is -0.363 e. The van der Waals surface area contributed by atoms with E-state index in [1.54, 1.807) is 7.05 Å². The van der Waals surface area contributed by atoms with Crippen molar-refractivity contribution in [3.05, 3.63) is 5.01 Å². The van der Waals surface area contributed by atoms with Crippen LogP contribution in [0.2, 0.25) is 0 Å². The first-order valence-corrected chi connectivity index (χ1v) is 8.05. The van der Waals surface area contributed by atoms with Gasteiger partial charge in [-0.15, -0.1) is 10.2 Å². The Bertz CT molecular complexity index is 485. The molecular weight excluding hydrogens is 260 g/mol. The molecule has 1 aromatic rings. The predicted molar refractivity (Wildman–Crippen MR) is 68.0 cm³/mol. The first kappa shape index (κ1) is 12.7. The zero-order valence-corrected chi connectivity index (χ0v) is 11.5. The third kappa shape index (κ3) is 3.14. The molecule has 0 saturated carbocycles. The van der Waals surface area contributed by atoms with E-state index in [2.05, 4.69) is 15.5 Å². The number of nitrogens with one attached hydrogen (secondary N) is 1. The second-order valence-corrected chi connectivity index (χ2v) is 7.51. The lowest BCUT2D eigenvalue weighted by molar-refractivity contribution is 0.253. The van der Waals surface area contributed by atoms with Crippen LogP contribution in [0.5, 0.6) is 0 Å². The molecule has 1 atom stereocenters. The smallest absolute Gasteiger partial charge is 0.205 e. The molecule has 1 fully saturated rings. The van der Waals surface area contributed by atoms with Gasteiger partial charge in [0.05, 0.1) is 18.1 Å². The van der Waals surface area contributed by atoms with E-state index in [1.165, 1.54) is 11.3 Å².